The number of benzene rings is 1. The SMILES string of the molecule is Cc1ncc2cc(C)c(N3CCN(C4(C)COCC4O)CC3)cc2n1. The van der Waals surface area contributed by atoms with Crippen molar-refractivity contribution in [1.82, 2.24) is 14.9 Å². The van der Waals surface area contributed by atoms with Crippen LogP contribution in [0.5, 0.6) is 0 Å². The fraction of sp³-hybridized carbons (Fsp3) is 0.579. The molecule has 1 aromatic heterocycles. The third kappa shape index (κ3) is 2.88. The summed E-state index contributed by atoms with van der Waals surface area (Å²) in [5.41, 5.74) is 3.25. The quantitative estimate of drug-likeness (QED) is 0.893. The van der Waals surface area contributed by atoms with Crippen molar-refractivity contribution in [3.8, 4) is 0 Å². The molecule has 6 nitrogen and oxygen atoms in total. The highest BCUT2D eigenvalue weighted by atomic mass is 16.5. The maximum Gasteiger partial charge on any atom is 0.125 e. The molecule has 1 aromatic carbocycles. The first-order valence-electron chi connectivity index (χ1n) is 8.97. The molecule has 25 heavy (non-hydrogen) atoms. The molecule has 2 atom stereocenters. The van der Waals surface area contributed by atoms with E-state index in [9.17, 15) is 5.11 Å². The minimum atomic E-state index is -0.402. The number of hydrogen-bond donors (Lipinski definition) is 1. The van der Waals surface area contributed by atoms with Crippen LogP contribution in [0, 0.1) is 13.8 Å². The van der Waals surface area contributed by atoms with Crippen molar-refractivity contribution in [1.29, 1.82) is 0 Å². The van der Waals surface area contributed by atoms with E-state index < -0.39 is 6.10 Å². The van der Waals surface area contributed by atoms with Crippen molar-refractivity contribution in [2.24, 2.45) is 0 Å². The van der Waals surface area contributed by atoms with E-state index in [1.165, 1.54) is 11.3 Å². The number of ether oxygens (including phenoxy) is 1. The van der Waals surface area contributed by atoms with Gasteiger partial charge in [0.1, 0.15) is 5.82 Å². The number of fused-ring (bicyclic) bond motifs is 1. The van der Waals surface area contributed by atoms with Crippen LogP contribution in [0.1, 0.15) is 18.3 Å². The Hall–Kier alpha value is -1.76. The highest BCUT2D eigenvalue weighted by Crippen LogP contribution is 2.30. The van der Waals surface area contributed by atoms with Crippen molar-refractivity contribution < 1.29 is 9.84 Å². The van der Waals surface area contributed by atoms with Crippen LogP contribution in [-0.4, -0.2) is 71.0 Å². The number of rotatable bonds is 2. The average molecular weight is 342 g/mol. The van der Waals surface area contributed by atoms with Gasteiger partial charge in [-0.3, -0.25) is 4.90 Å². The van der Waals surface area contributed by atoms with Crippen LogP contribution < -0.4 is 4.90 Å². The Balaban J connectivity index is 1.54. The van der Waals surface area contributed by atoms with E-state index in [2.05, 4.69) is 45.7 Å². The summed E-state index contributed by atoms with van der Waals surface area (Å²) < 4.78 is 5.50. The molecule has 0 bridgehead atoms. The number of aromatic nitrogens is 2. The maximum atomic E-state index is 10.3. The van der Waals surface area contributed by atoms with E-state index >= 15 is 0 Å². The first-order chi connectivity index (χ1) is 12.0. The van der Waals surface area contributed by atoms with Gasteiger partial charge in [0.2, 0.25) is 0 Å². The Bertz CT molecular complexity index is 788. The molecule has 0 aliphatic carbocycles. The number of anilines is 1. The highest BCUT2D eigenvalue weighted by Gasteiger charge is 2.44. The van der Waals surface area contributed by atoms with Gasteiger partial charge in [0.05, 0.1) is 30.4 Å². The lowest BCUT2D eigenvalue weighted by atomic mass is 9.95. The molecule has 0 spiro atoms. The Morgan fingerprint density at radius 3 is 2.64 bits per heavy atom. The van der Waals surface area contributed by atoms with Gasteiger partial charge in [0.15, 0.2) is 0 Å². The highest BCUT2D eigenvalue weighted by molar-refractivity contribution is 5.83. The molecule has 6 heteroatoms. The van der Waals surface area contributed by atoms with E-state index in [4.69, 9.17) is 4.74 Å². The van der Waals surface area contributed by atoms with Gasteiger partial charge in [-0.05, 0) is 38.5 Å². The van der Waals surface area contributed by atoms with Crippen LogP contribution in [0.2, 0.25) is 0 Å². The van der Waals surface area contributed by atoms with Crippen LogP contribution in [-0.2, 0) is 4.74 Å². The summed E-state index contributed by atoms with van der Waals surface area (Å²) in [7, 11) is 0. The molecule has 2 saturated heterocycles. The van der Waals surface area contributed by atoms with Gasteiger partial charge in [-0.25, -0.2) is 9.97 Å². The molecule has 2 aromatic rings. The summed E-state index contributed by atoms with van der Waals surface area (Å²) in [6.45, 7) is 11.0. The monoisotopic (exact) mass is 342 g/mol. The van der Waals surface area contributed by atoms with Crippen LogP contribution in [0.25, 0.3) is 10.9 Å². The fourth-order valence-corrected chi connectivity index (χ4v) is 4.03. The summed E-state index contributed by atoms with van der Waals surface area (Å²) >= 11 is 0. The zero-order valence-corrected chi connectivity index (χ0v) is 15.2. The third-order valence-corrected chi connectivity index (χ3v) is 5.75. The number of aliphatic hydroxyl groups excluding tert-OH is 1. The van der Waals surface area contributed by atoms with Crippen molar-refractivity contribution in [2.45, 2.75) is 32.4 Å². The van der Waals surface area contributed by atoms with Crippen LogP contribution >= 0.6 is 0 Å². The van der Waals surface area contributed by atoms with Gasteiger partial charge in [0.25, 0.3) is 0 Å². The molecule has 2 unspecified atom stereocenters. The van der Waals surface area contributed by atoms with Gasteiger partial charge >= 0.3 is 0 Å². The van der Waals surface area contributed by atoms with E-state index in [1.54, 1.807) is 0 Å². The molecule has 2 aliphatic rings. The van der Waals surface area contributed by atoms with Gasteiger partial charge in [-0.1, -0.05) is 0 Å². The smallest absolute Gasteiger partial charge is 0.125 e. The van der Waals surface area contributed by atoms with E-state index in [0.717, 1.165) is 42.9 Å². The second-order valence-electron chi connectivity index (χ2n) is 7.48. The predicted molar refractivity (Wildman–Crippen MR) is 98.0 cm³/mol. The van der Waals surface area contributed by atoms with Gasteiger partial charge in [-0.2, -0.15) is 0 Å². The summed E-state index contributed by atoms with van der Waals surface area (Å²) in [5.74, 6) is 0.801. The Labute approximate surface area is 148 Å². The minimum absolute atomic E-state index is 0.255. The Morgan fingerprint density at radius 1 is 1.20 bits per heavy atom. The summed E-state index contributed by atoms with van der Waals surface area (Å²) in [4.78, 5) is 13.7. The number of aryl methyl sites for hydroxylation is 2. The lowest BCUT2D eigenvalue weighted by Crippen LogP contribution is -2.60. The molecular formula is C19H26N4O2. The molecule has 134 valence electrons. The standard InChI is InChI=1S/C19H26N4O2/c1-13-8-15-10-20-14(2)21-16(15)9-17(13)22-4-6-23(7-5-22)19(3)12-25-11-18(19)24/h8-10,18,24H,4-7,11-12H2,1-3H3. The molecule has 3 heterocycles. The van der Waals surface area contributed by atoms with E-state index in [-0.39, 0.29) is 5.54 Å². The molecule has 0 amide bonds. The van der Waals surface area contributed by atoms with Gasteiger partial charge in [-0.15, -0.1) is 0 Å². The Kier molecular flexibility index (Phi) is 4.14. The number of piperazine rings is 1. The topological polar surface area (TPSA) is 61.7 Å². The zero-order valence-electron chi connectivity index (χ0n) is 15.2. The first-order valence-corrected chi connectivity index (χ1v) is 8.97. The normalized spacial score (nSPS) is 28.0. The zero-order chi connectivity index (χ0) is 17.6. The number of aliphatic hydroxyl groups is 1. The fourth-order valence-electron chi connectivity index (χ4n) is 4.03. The van der Waals surface area contributed by atoms with Crippen molar-refractivity contribution in [2.75, 3.05) is 44.3 Å². The summed E-state index contributed by atoms with van der Waals surface area (Å²) in [6.07, 6.45) is 1.50. The molecule has 1 N–H and O–H groups in total. The second kappa shape index (κ2) is 6.20. The number of hydrogen-bond acceptors (Lipinski definition) is 6. The molecule has 0 saturated carbocycles. The second-order valence-corrected chi connectivity index (χ2v) is 7.48. The van der Waals surface area contributed by atoms with Crippen LogP contribution in [0.15, 0.2) is 18.3 Å². The maximum absolute atomic E-state index is 10.3. The molecule has 4 rings (SSSR count). The van der Waals surface area contributed by atoms with Gasteiger partial charge < -0.3 is 14.7 Å². The molecule has 2 aliphatic heterocycles. The van der Waals surface area contributed by atoms with E-state index in [1.807, 2.05) is 13.1 Å². The van der Waals surface area contributed by atoms with Gasteiger partial charge in [0, 0.05) is 43.4 Å². The largest absolute Gasteiger partial charge is 0.389 e. The van der Waals surface area contributed by atoms with Crippen molar-refractivity contribution >= 4 is 16.6 Å². The lowest BCUT2D eigenvalue weighted by Gasteiger charge is -2.45. The van der Waals surface area contributed by atoms with Crippen molar-refractivity contribution in [3.05, 3.63) is 29.7 Å². The lowest BCUT2D eigenvalue weighted by molar-refractivity contribution is 0.00882. The van der Waals surface area contributed by atoms with Crippen LogP contribution in [0.4, 0.5) is 5.69 Å². The first kappa shape index (κ1) is 16.7. The summed E-state index contributed by atoms with van der Waals surface area (Å²) in [5, 5.41) is 11.4. The average Bonchev–Trinajstić information content (AvgIpc) is 2.95. The Morgan fingerprint density at radius 2 is 1.96 bits per heavy atom. The molecule has 0 radical (unpaired) electrons. The molecular weight excluding hydrogens is 316 g/mol. The van der Waals surface area contributed by atoms with E-state index in [0.29, 0.717) is 13.2 Å². The van der Waals surface area contributed by atoms with Crippen LogP contribution in [0.3, 0.4) is 0 Å². The molecule has 2 fully saturated rings. The third-order valence-electron chi connectivity index (χ3n) is 5.75. The number of nitrogens with zero attached hydrogens (tertiary/aromatic N) is 4. The summed E-state index contributed by atoms with van der Waals surface area (Å²) in [6, 6.07) is 4.36. The van der Waals surface area contributed by atoms with Crippen molar-refractivity contribution in [3.63, 3.8) is 0 Å². The minimum Gasteiger partial charge on any atom is -0.389 e. The predicted octanol–water partition coefficient (Wildman–Crippen LogP) is 1.52.